The van der Waals surface area contributed by atoms with E-state index in [1.165, 1.54) is 0 Å². The number of amidine groups is 1. The van der Waals surface area contributed by atoms with Crippen LogP contribution in [0.25, 0.3) is 0 Å². The van der Waals surface area contributed by atoms with E-state index in [9.17, 15) is 4.79 Å². The van der Waals surface area contributed by atoms with Gasteiger partial charge in [0, 0.05) is 13.2 Å². The Balaban J connectivity index is 2.04. The molecular weight excluding hydrogens is 246 g/mol. The highest BCUT2D eigenvalue weighted by Gasteiger charge is 2.45. The topological polar surface area (TPSA) is 106 Å². The normalized spacial score (nSPS) is 18.5. The molecule has 1 amide bonds. The molecule has 0 aliphatic heterocycles. The third-order valence-corrected chi connectivity index (χ3v) is 3.69. The summed E-state index contributed by atoms with van der Waals surface area (Å²) in [4.78, 5) is 12.3. The Morgan fingerprint density at radius 1 is 1.63 bits per heavy atom. The Hall–Kier alpha value is -2.05. The maximum absolute atomic E-state index is 12.3. The number of hydrogen-bond donors (Lipinski definition) is 3. The van der Waals surface area contributed by atoms with Gasteiger partial charge in [-0.2, -0.15) is 5.10 Å². The second kappa shape index (κ2) is 5.29. The lowest BCUT2D eigenvalue weighted by atomic mass is 9.84. The quantitative estimate of drug-likeness (QED) is 0.316. The van der Waals surface area contributed by atoms with Gasteiger partial charge in [0.05, 0.1) is 12.2 Å². The van der Waals surface area contributed by atoms with E-state index in [2.05, 4.69) is 15.6 Å². The number of nitrogens with one attached hydrogen (secondary N) is 1. The molecule has 0 unspecified atom stereocenters. The summed E-state index contributed by atoms with van der Waals surface area (Å²) >= 11 is 0. The lowest BCUT2D eigenvalue weighted by Gasteiger charge is -2.25. The van der Waals surface area contributed by atoms with Crippen molar-refractivity contribution in [3.63, 3.8) is 0 Å². The van der Waals surface area contributed by atoms with Crippen molar-refractivity contribution in [3.8, 4) is 0 Å². The first-order valence-electron chi connectivity index (χ1n) is 6.33. The molecule has 1 aromatic rings. The van der Waals surface area contributed by atoms with Gasteiger partial charge in [-0.15, -0.1) is 0 Å². The molecule has 1 heterocycles. The smallest absolute Gasteiger partial charge is 0.234 e. The van der Waals surface area contributed by atoms with Crippen LogP contribution in [-0.4, -0.2) is 26.7 Å². The van der Waals surface area contributed by atoms with Gasteiger partial charge in [-0.05, 0) is 18.9 Å². The fourth-order valence-corrected chi connectivity index (χ4v) is 2.57. The number of oxime groups is 1. The van der Waals surface area contributed by atoms with Gasteiger partial charge >= 0.3 is 0 Å². The first-order chi connectivity index (χ1) is 9.08. The second-order valence-electron chi connectivity index (χ2n) is 4.94. The summed E-state index contributed by atoms with van der Waals surface area (Å²) in [6.45, 7) is 0.347. The molecule has 1 aliphatic carbocycles. The molecule has 1 aliphatic rings. The highest BCUT2D eigenvalue weighted by atomic mass is 16.4. The van der Waals surface area contributed by atoms with E-state index in [0.717, 1.165) is 18.5 Å². The van der Waals surface area contributed by atoms with E-state index in [0.29, 0.717) is 19.4 Å². The van der Waals surface area contributed by atoms with Crippen LogP contribution in [0, 0.1) is 5.41 Å². The zero-order valence-corrected chi connectivity index (χ0v) is 11.0. The number of aryl methyl sites for hydroxylation is 1. The van der Waals surface area contributed by atoms with E-state index in [1.54, 1.807) is 4.68 Å². The predicted molar refractivity (Wildman–Crippen MR) is 69.4 cm³/mol. The third-order valence-electron chi connectivity index (χ3n) is 3.69. The molecule has 0 radical (unpaired) electrons. The summed E-state index contributed by atoms with van der Waals surface area (Å²) in [7, 11) is 1.82. The van der Waals surface area contributed by atoms with Gasteiger partial charge in [-0.25, -0.2) is 0 Å². The standard InChI is InChI=1S/C12H19N5O2/c1-17-7-4-9(15-17)8-14-11(18)12(10(13)16-19)5-2-3-6-12/h4,7,19H,2-3,5-6,8H2,1H3,(H2,13,16)(H,14,18). The van der Waals surface area contributed by atoms with Crippen molar-refractivity contribution in [1.82, 2.24) is 15.1 Å². The van der Waals surface area contributed by atoms with Gasteiger partial charge < -0.3 is 16.3 Å². The lowest BCUT2D eigenvalue weighted by molar-refractivity contribution is -0.127. The highest BCUT2D eigenvalue weighted by molar-refractivity contribution is 6.06. The molecule has 7 heteroatoms. The van der Waals surface area contributed by atoms with Crippen molar-refractivity contribution < 1.29 is 10.0 Å². The zero-order valence-electron chi connectivity index (χ0n) is 11.0. The van der Waals surface area contributed by atoms with Crippen LogP contribution in [0.5, 0.6) is 0 Å². The molecule has 0 atom stereocenters. The number of nitrogens with two attached hydrogens (primary N) is 1. The van der Waals surface area contributed by atoms with Gasteiger partial charge in [-0.1, -0.05) is 18.0 Å². The zero-order chi connectivity index (χ0) is 13.9. The summed E-state index contributed by atoms with van der Waals surface area (Å²) < 4.78 is 1.68. The summed E-state index contributed by atoms with van der Waals surface area (Å²) in [5.74, 6) is -0.186. The fraction of sp³-hybridized carbons (Fsp3) is 0.583. The minimum Gasteiger partial charge on any atom is -0.409 e. The molecule has 104 valence electrons. The Morgan fingerprint density at radius 2 is 2.32 bits per heavy atom. The van der Waals surface area contributed by atoms with E-state index in [4.69, 9.17) is 10.9 Å². The van der Waals surface area contributed by atoms with Crippen LogP contribution in [0.15, 0.2) is 17.4 Å². The van der Waals surface area contributed by atoms with E-state index in [1.807, 2.05) is 19.3 Å². The van der Waals surface area contributed by atoms with E-state index in [-0.39, 0.29) is 11.7 Å². The monoisotopic (exact) mass is 265 g/mol. The number of rotatable bonds is 4. The SMILES string of the molecule is Cn1ccc(CNC(=O)C2(/C(N)=N/O)CCCC2)n1. The summed E-state index contributed by atoms with van der Waals surface area (Å²) in [6.07, 6.45) is 4.88. The Kier molecular flexibility index (Phi) is 3.73. The van der Waals surface area contributed by atoms with Crippen LogP contribution < -0.4 is 11.1 Å². The van der Waals surface area contributed by atoms with Crippen LogP contribution in [0.3, 0.4) is 0 Å². The number of aromatic nitrogens is 2. The van der Waals surface area contributed by atoms with Crippen LogP contribution in [0.1, 0.15) is 31.4 Å². The Bertz CT molecular complexity index is 488. The molecule has 1 saturated carbocycles. The minimum atomic E-state index is -0.858. The van der Waals surface area contributed by atoms with Crippen LogP contribution in [0.4, 0.5) is 0 Å². The molecular formula is C12H19N5O2. The molecule has 4 N–H and O–H groups in total. The number of carbonyl (C=O) groups is 1. The van der Waals surface area contributed by atoms with Crippen molar-refractivity contribution in [2.24, 2.45) is 23.4 Å². The molecule has 1 fully saturated rings. The van der Waals surface area contributed by atoms with Crippen molar-refractivity contribution in [3.05, 3.63) is 18.0 Å². The van der Waals surface area contributed by atoms with Crippen molar-refractivity contribution >= 4 is 11.7 Å². The van der Waals surface area contributed by atoms with Gasteiger partial charge in [0.2, 0.25) is 5.91 Å². The summed E-state index contributed by atoms with van der Waals surface area (Å²) in [5.41, 5.74) is 5.63. The lowest BCUT2D eigenvalue weighted by Crippen LogP contribution is -2.48. The average Bonchev–Trinajstić information content (AvgIpc) is 3.04. The molecule has 2 rings (SSSR count). The van der Waals surface area contributed by atoms with Gasteiger partial charge in [-0.3, -0.25) is 9.48 Å². The maximum Gasteiger partial charge on any atom is 0.234 e. The summed E-state index contributed by atoms with van der Waals surface area (Å²) in [6, 6.07) is 1.84. The molecule has 0 saturated heterocycles. The van der Waals surface area contributed by atoms with Crippen molar-refractivity contribution in [2.45, 2.75) is 32.2 Å². The number of hydrogen-bond acceptors (Lipinski definition) is 4. The first kappa shape index (κ1) is 13.4. The van der Waals surface area contributed by atoms with Crippen molar-refractivity contribution in [2.75, 3.05) is 0 Å². The molecule has 0 bridgehead atoms. The number of amides is 1. The van der Waals surface area contributed by atoms with Gasteiger partial charge in [0.1, 0.15) is 5.41 Å². The predicted octanol–water partition coefficient (Wildman–Crippen LogP) is 0.343. The van der Waals surface area contributed by atoms with E-state index >= 15 is 0 Å². The second-order valence-corrected chi connectivity index (χ2v) is 4.94. The largest absolute Gasteiger partial charge is 0.409 e. The third kappa shape index (κ3) is 2.54. The Labute approximate surface area is 111 Å². The van der Waals surface area contributed by atoms with Crippen LogP contribution in [0.2, 0.25) is 0 Å². The number of nitrogens with zero attached hydrogens (tertiary/aromatic N) is 3. The summed E-state index contributed by atoms with van der Waals surface area (Å²) in [5, 5.41) is 18.9. The minimum absolute atomic E-state index is 0.00326. The van der Waals surface area contributed by atoms with Crippen LogP contribution >= 0.6 is 0 Å². The van der Waals surface area contributed by atoms with Gasteiger partial charge in [0.25, 0.3) is 0 Å². The van der Waals surface area contributed by atoms with Crippen LogP contribution in [-0.2, 0) is 18.4 Å². The van der Waals surface area contributed by atoms with Crippen molar-refractivity contribution in [1.29, 1.82) is 0 Å². The average molecular weight is 265 g/mol. The molecule has 0 spiro atoms. The molecule has 19 heavy (non-hydrogen) atoms. The number of carbonyl (C=O) groups excluding carboxylic acids is 1. The highest BCUT2D eigenvalue weighted by Crippen LogP contribution is 2.38. The molecule has 0 aromatic carbocycles. The van der Waals surface area contributed by atoms with Gasteiger partial charge in [0.15, 0.2) is 5.84 Å². The Morgan fingerprint density at radius 3 is 2.84 bits per heavy atom. The van der Waals surface area contributed by atoms with E-state index < -0.39 is 5.41 Å². The maximum atomic E-state index is 12.3. The fourth-order valence-electron chi connectivity index (χ4n) is 2.57. The molecule has 7 nitrogen and oxygen atoms in total. The molecule has 1 aromatic heterocycles. The first-order valence-corrected chi connectivity index (χ1v) is 6.33.